The van der Waals surface area contributed by atoms with Gasteiger partial charge < -0.3 is 9.84 Å². The number of imide groups is 1. The Morgan fingerprint density at radius 2 is 1.36 bits per heavy atom. The maximum Gasteiger partial charge on any atom is 0.416 e. The quantitative estimate of drug-likeness (QED) is 0.112. The predicted octanol–water partition coefficient (Wildman–Crippen LogP) is 7.00. The summed E-state index contributed by atoms with van der Waals surface area (Å²) in [4.78, 5) is 26.5. The molecule has 1 fully saturated rings. The molecular weight excluding hydrogens is 542 g/mol. The minimum atomic E-state index is -0.990. The van der Waals surface area contributed by atoms with Crippen molar-refractivity contribution >= 4 is 23.8 Å². The molecule has 0 saturated carbocycles. The average molecular weight is 578 g/mol. The Kier molecular flexibility index (Phi) is 9.90. The largest absolute Gasteiger partial charge is 0.447 e. The van der Waals surface area contributed by atoms with Crippen molar-refractivity contribution in [1.82, 2.24) is 4.90 Å². The van der Waals surface area contributed by atoms with Crippen molar-refractivity contribution in [2.45, 2.75) is 36.2 Å². The number of ether oxygens (including phenoxy) is 1. The fourth-order valence-electron chi connectivity index (χ4n) is 5.45. The second kappa shape index (κ2) is 14.2. The summed E-state index contributed by atoms with van der Waals surface area (Å²) in [5, 5.41) is 10.6. The van der Waals surface area contributed by atoms with Crippen LogP contribution in [0.5, 0.6) is 0 Å². The molecule has 1 aliphatic heterocycles. The molecule has 0 bridgehead atoms. The molecule has 1 N–H and O–H groups in total. The molecule has 1 saturated heterocycles. The standard InChI is InChI=1S/C36H35NO4S/c38-33(26-34(39)37-32(27-41-35(37)40)25-28-15-5-1-6-16-28)23-13-14-24-42-36(29-17-7-2-8-18-29,30-19-9-3-10-20-30)31-21-11-4-12-22-31/h1-13,15-23,32-33,38H,14,24-27H2/b23-13+/t32-,33+/m1/s1. The summed E-state index contributed by atoms with van der Waals surface area (Å²) in [7, 11) is 0. The predicted molar refractivity (Wildman–Crippen MR) is 168 cm³/mol. The van der Waals surface area contributed by atoms with Crippen molar-refractivity contribution in [2.24, 2.45) is 0 Å². The van der Waals surface area contributed by atoms with Gasteiger partial charge >= 0.3 is 6.09 Å². The van der Waals surface area contributed by atoms with E-state index >= 15 is 0 Å². The number of hydrogen-bond acceptors (Lipinski definition) is 5. The van der Waals surface area contributed by atoms with Crippen LogP contribution in [0.1, 0.15) is 35.1 Å². The Balaban J connectivity index is 1.24. The molecule has 42 heavy (non-hydrogen) atoms. The fraction of sp³-hybridized carbons (Fsp3) is 0.222. The third kappa shape index (κ3) is 6.84. The van der Waals surface area contributed by atoms with Crippen LogP contribution < -0.4 is 0 Å². The van der Waals surface area contributed by atoms with Crippen LogP contribution in [0.15, 0.2) is 133 Å². The van der Waals surface area contributed by atoms with Gasteiger partial charge in [0.25, 0.3) is 0 Å². The molecule has 5 nitrogen and oxygen atoms in total. The topological polar surface area (TPSA) is 66.8 Å². The number of carbonyl (C=O) groups excluding carboxylic acids is 2. The summed E-state index contributed by atoms with van der Waals surface area (Å²) in [6, 6.07) is 40.9. The first-order valence-electron chi connectivity index (χ1n) is 14.3. The maximum atomic E-state index is 13.0. The van der Waals surface area contributed by atoms with Crippen LogP contribution in [0, 0.1) is 0 Å². The first kappa shape index (κ1) is 29.4. The summed E-state index contributed by atoms with van der Waals surface area (Å²) in [5.74, 6) is 0.356. The number of allylic oxidation sites excluding steroid dienone is 1. The van der Waals surface area contributed by atoms with Crippen LogP contribution in [0.2, 0.25) is 0 Å². The number of benzene rings is 4. The highest BCUT2D eigenvalue weighted by atomic mass is 32.2. The molecule has 1 aliphatic rings. The number of thioether (sulfide) groups is 1. The van der Waals surface area contributed by atoms with Crippen molar-refractivity contribution in [1.29, 1.82) is 0 Å². The molecule has 2 atom stereocenters. The van der Waals surface area contributed by atoms with Crippen molar-refractivity contribution < 1.29 is 19.4 Å². The molecule has 0 aliphatic carbocycles. The summed E-state index contributed by atoms with van der Waals surface area (Å²) in [6.45, 7) is 0.161. The molecule has 0 radical (unpaired) electrons. The van der Waals surface area contributed by atoms with Gasteiger partial charge in [0, 0.05) is 0 Å². The minimum Gasteiger partial charge on any atom is -0.447 e. The van der Waals surface area contributed by atoms with Crippen LogP contribution in [0.3, 0.4) is 0 Å². The average Bonchev–Trinajstić information content (AvgIpc) is 3.40. The van der Waals surface area contributed by atoms with Gasteiger partial charge in [0.1, 0.15) is 6.61 Å². The van der Waals surface area contributed by atoms with Crippen molar-refractivity contribution in [3.8, 4) is 0 Å². The molecule has 1 heterocycles. The third-order valence-electron chi connectivity index (χ3n) is 7.43. The number of amides is 2. The molecule has 5 rings (SSSR count). The number of hydrogen-bond donors (Lipinski definition) is 1. The number of nitrogens with zero attached hydrogens (tertiary/aromatic N) is 1. The number of carbonyl (C=O) groups is 2. The normalized spacial score (nSPS) is 16.0. The summed E-state index contributed by atoms with van der Waals surface area (Å²) < 4.78 is 4.76. The molecule has 0 spiro atoms. The molecular formula is C36H35NO4S. The van der Waals surface area contributed by atoms with E-state index in [9.17, 15) is 14.7 Å². The van der Waals surface area contributed by atoms with E-state index in [1.54, 1.807) is 6.08 Å². The van der Waals surface area contributed by atoms with Crippen LogP contribution in [-0.2, 0) is 20.7 Å². The Hall–Kier alpha value is -4.13. The highest BCUT2D eigenvalue weighted by Gasteiger charge is 2.38. The smallest absolute Gasteiger partial charge is 0.416 e. The lowest BCUT2D eigenvalue weighted by Crippen LogP contribution is -2.41. The van der Waals surface area contributed by atoms with Gasteiger partial charge in [-0.3, -0.25) is 4.79 Å². The van der Waals surface area contributed by atoms with E-state index in [1.807, 2.05) is 66.4 Å². The molecule has 4 aromatic rings. The van der Waals surface area contributed by atoms with E-state index < -0.39 is 22.9 Å². The Labute approximate surface area is 251 Å². The van der Waals surface area contributed by atoms with Gasteiger partial charge in [0.15, 0.2) is 0 Å². The third-order valence-corrected chi connectivity index (χ3v) is 9.01. The number of aliphatic hydroxyl groups excluding tert-OH is 1. The van der Waals surface area contributed by atoms with Crippen molar-refractivity contribution in [2.75, 3.05) is 12.4 Å². The highest BCUT2D eigenvalue weighted by Crippen LogP contribution is 2.48. The Bertz CT molecular complexity index is 1370. The first-order valence-corrected chi connectivity index (χ1v) is 15.2. The van der Waals surface area contributed by atoms with Crippen LogP contribution >= 0.6 is 11.8 Å². The first-order chi connectivity index (χ1) is 20.6. The number of rotatable bonds is 12. The van der Waals surface area contributed by atoms with E-state index in [4.69, 9.17) is 4.74 Å². The second-order valence-corrected chi connectivity index (χ2v) is 11.6. The van der Waals surface area contributed by atoms with Crippen molar-refractivity contribution in [3.63, 3.8) is 0 Å². The lowest BCUT2D eigenvalue weighted by Gasteiger charge is -2.35. The lowest BCUT2D eigenvalue weighted by atomic mass is 9.84. The van der Waals surface area contributed by atoms with Gasteiger partial charge in [-0.05, 0) is 40.8 Å². The summed E-state index contributed by atoms with van der Waals surface area (Å²) >= 11 is 1.85. The Morgan fingerprint density at radius 3 is 1.88 bits per heavy atom. The van der Waals surface area contributed by atoms with Gasteiger partial charge in [-0.15, -0.1) is 11.8 Å². The molecule has 0 unspecified atom stereocenters. The van der Waals surface area contributed by atoms with E-state index in [2.05, 4.69) is 72.8 Å². The molecule has 2 amide bonds. The lowest BCUT2D eigenvalue weighted by molar-refractivity contribution is -0.130. The molecule has 214 valence electrons. The van der Waals surface area contributed by atoms with Gasteiger partial charge in [-0.25, -0.2) is 9.69 Å². The molecule has 6 heteroatoms. The second-order valence-electron chi connectivity index (χ2n) is 10.3. The van der Waals surface area contributed by atoms with Gasteiger partial charge in [0.2, 0.25) is 5.91 Å². The zero-order valence-corrected chi connectivity index (χ0v) is 24.2. The fourth-order valence-corrected chi connectivity index (χ4v) is 6.92. The van der Waals surface area contributed by atoms with Crippen LogP contribution in [0.4, 0.5) is 4.79 Å². The van der Waals surface area contributed by atoms with E-state index in [-0.39, 0.29) is 19.1 Å². The van der Waals surface area contributed by atoms with E-state index in [1.165, 1.54) is 16.7 Å². The minimum absolute atomic E-state index is 0.161. The van der Waals surface area contributed by atoms with Gasteiger partial charge in [-0.1, -0.05) is 133 Å². The monoisotopic (exact) mass is 577 g/mol. The van der Waals surface area contributed by atoms with E-state index in [0.29, 0.717) is 12.8 Å². The molecule has 4 aromatic carbocycles. The van der Waals surface area contributed by atoms with Gasteiger partial charge in [-0.2, -0.15) is 0 Å². The number of cyclic esters (lactones) is 1. The van der Waals surface area contributed by atoms with Crippen LogP contribution in [-0.4, -0.2) is 46.5 Å². The zero-order valence-electron chi connectivity index (χ0n) is 23.4. The zero-order chi connectivity index (χ0) is 29.2. The van der Waals surface area contributed by atoms with Crippen LogP contribution in [0.25, 0.3) is 0 Å². The van der Waals surface area contributed by atoms with Gasteiger partial charge in [0.05, 0.1) is 23.3 Å². The molecule has 0 aromatic heterocycles. The highest BCUT2D eigenvalue weighted by molar-refractivity contribution is 8.00. The number of aliphatic hydroxyl groups is 1. The Morgan fingerprint density at radius 1 is 0.857 bits per heavy atom. The van der Waals surface area contributed by atoms with Crippen molar-refractivity contribution in [3.05, 3.63) is 156 Å². The summed E-state index contributed by atoms with van der Waals surface area (Å²) in [5.41, 5.74) is 4.62. The summed E-state index contributed by atoms with van der Waals surface area (Å²) in [6.07, 6.45) is 2.98. The maximum absolute atomic E-state index is 13.0. The SMILES string of the molecule is O=C(C[C@@H](O)/C=C/CCSC(c1ccccc1)(c1ccccc1)c1ccccc1)N1C(=O)OC[C@H]1Cc1ccccc1. The van der Waals surface area contributed by atoms with E-state index in [0.717, 1.165) is 16.2 Å².